The summed E-state index contributed by atoms with van der Waals surface area (Å²) >= 11 is 0. The minimum absolute atomic E-state index is 0.0707. The molecule has 198 valence electrons. The van der Waals surface area contributed by atoms with E-state index in [0.29, 0.717) is 19.0 Å². The van der Waals surface area contributed by atoms with E-state index in [-0.39, 0.29) is 22.8 Å². The summed E-state index contributed by atoms with van der Waals surface area (Å²) in [6.45, 7) is 12.1. The lowest BCUT2D eigenvalue weighted by molar-refractivity contribution is -0.118. The van der Waals surface area contributed by atoms with Gasteiger partial charge in [0.05, 0.1) is 24.9 Å². The highest BCUT2D eigenvalue weighted by Crippen LogP contribution is 2.59. The number of aromatic nitrogens is 1. The first-order chi connectivity index (χ1) is 17.9. The molecule has 2 N–H and O–H groups in total. The first kappa shape index (κ1) is 24.8. The van der Waals surface area contributed by atoms with Gasteiger partial charge in [0, 0.05) is 62.6 Å². The first-order valence-electron chi connectivity index (χ1n) is 13.6. The number of aliphatic hydroxyl groups is 1. The Morgan fingerprint density at radius 3 is 2.68 bits per heavy atom. The molecule has 0 unspecified atom stereocenters. The van der Waals surface area contributed by atoms with Gasteiger partial charge in [0.1, 0.15) is 5.82 Å². The molecule has 3 aliphatic heterocycles. The van der Waals surface area contributed by atoms with Crippen molar-refractivity contribution in [2.75, 3.05) is 62.8 Å². The van der Waals surface area contributed by atoms with Crippen molar-refractivity contribution in [1.29, 1.82) is 0 Å². The van der Waals surface area contributed by atoms with E-state index in [0.717, 1.165) is 75.8 Å². The van der Waals surface area contributed by atoms with Crippen LogP contribution in [0, 0.1) is 11.3 Å². The Labute approximate surface area is 218 Å². The van der Waals surface area contributed by atoms with Crippen LogP contribution in [0.15, 0.2) is 37.1 Å². The van der Waals surface area contributed by atoms with Gasteiger partial charge in [-0.25, -0.2) is 4.98 Å². The van der Waals surface area contributed by atoms with Gasteiger partial charge in [-0.1, -0.05) is 6.08 Å². The molecule has 0 radical (unpaired) electrons. The second kappa shape index (κ2) is 9.66. The van der Waals surface area contributed by atoms with Crippen molar-refractivity contribution < 1.29 is 19.4 Å². The average Bonchev–Trinajstić information content (AvgIpc) is 3.49. The second-order valence-electron chi connectivity index (χ2n) is 11.5. The molecular weight excluding hydrogens is 468 g/mol. The number of aliphatic hydroxyl groups excluding tert-OH is 1. The lowest BCUT2D eigenvalue weighted by Crippen LogP contribution is -2.60. The number of carbonyl (C=O) groups is 1. The number of piperazine rings is 1. The van der Waals surface area contributed by atoms with Gasteiger partial charge in [0.15, 0.2) is 0 Å². The van der Waals surface area contributed by atoms with E-state index >= 15 is 0 Å². The minimum atomic E-state index is -0.450. The van der Waals surface area contributed by atoms with Crippen LogP contribution in [-0.4, -0.2) is 85.1 Å². The third kappa shape index (κ3) is 4.54. The SMILES string of the molecule is C=CCc1cc2cnc(NC(=O)[C@@H]3CC34CCOCC4)cc2cc1N1CCN([C@@]2(C)COC[C@H]2O)CC1. The van der Waals surface area contributed by atoms with E-state index in [1.807, 2.05) is 18.3 Å². The molecule has 1 saturated carbocycles. The van der Waals surface area contributed by atoms with Crippen molar-refractivity contribution in [3.63, 3.8) is 0 Å². The van der Waals surface area contributed by atoms with E-state index < -0.39 is 6.10 Å². The summed E-state index contributed by atoms with van der Waals surface area (Å²) in [5.74, 6) is 0.767. The molecule has 3 saturated heterocycles. The van der Waals surface area contributed by atoms with Gasteiger partial charge in [0.25, 0.3) is 0 Å². The molecule has 1 aromatic heterocycles. The van der Waals surface area contributed by atoms with Crippen LogP contribution in [0.4, 0.5) is 11.5 Å². The average molecular weight is 507 g/mol. The maximum absolute atomic E-state index is 13.0. The van der Waals surface area contributed by atoms with Crippen LogP contribution >= 0.6 is 0 Å². The molecule has 3 atom stereocenters. The van der Waals surface area contributed by atoms with Crippen LogP contribution < -0.4 is 10.2 Å². The van der Waals surface area contributed by atoms with Crippen LogP contribution in [0.1, 0.15) is 31.7 Å². The number of fused-ring (bicyclic) bond motifs is 1. The van der Waals surface area contributed by atoms with Gasteiger partial charge in [-0.3, -0.25) is 9.69 Å². The Bertz CT molecular complexity index is 1190. The van der Waals surface area contributed by atoms with E-state index in [4.69, 9.17) is 9.47 Å². The van der Waals surface area contributed by atoms with E-state index in [1.54, 1.807) is 0 Å². The Kier molecular flexibility index (Phi) is 6.47. The maximum Gasteiger partial charge on any atom is 0.229 e. The van der Waals surface area contributed by atoms with Crippen molar-refractivity contribution >= 4 is 28.2 Å². The fourth-order valence-corrected chi connectivity index (χ4v) is 6.59. The zero-order valence-electron chi connectivity index (χ0n) is 21.7. The zero-order valence-corrected chi connectivity index (χ0v) is 21.7. The molecule has 1 aliphatic carbocycles. The minimum Gasteiger partial charge on any atom is -0.389 e. The first-order valence-corrected chi connectivity index (χ1v) is 13.6. The number of benzene rings is 1. The maximum atomic E-state index is 13.0. The van der Waals surface area contributed by atoms with Crippen molar-refractivity contribution in [3.05, 3.63) is 42.6 Å². The molecule has 4 fully saturated rings. The molecule has 1 amide bonds. The van der Waals surface area contributed by atoms with Gasteiger partial charge in [0.2, 0.25) is 5.91 Å². The van der Waals surface area contributed by atoms with Crippen LogP contribution in [0.2, 0.25) is 0 Å². The Hall–Kier alpha value is -2.52. The van der Waals surface area contributed by atoms with Gasteiger partial charge in [-0.2, -0.15) is 0 Å². The lowest BCUT2D eigenvalue weighted by Gasteiger charge is -2.45. The molecule has 8 heteroatoms. The van der Waals surface area contributed by atoms with Crippen molar-refractivity contribution in [1.82, 2.24) is 9.88 Å². The summed E-state index contributed by atoms with van der Waals surface area (Å²) in [5.41, 5.74) is 2.26. The van der Waals surface area contributed by atoms with Crippen LogP contribution in [0.5, 0.6) is 0 Å². The van der Waals surface area contributed by atoms with Crippen LogP contribution in [-0.2, 0) is 20.7 Å². The number of nitrogens with zero attached hydrogens (tertiary/aromatic N) is 3. The van der Waals surface area contributed by atoms with Gasteiger partial charge in [-0.05, 0) is 67.2 Å². The molecule has 37 heavy (non-hydrogen) atoms. The number of amides is 1. The smallest absolute Gasteiger partial charge is 0.229 e. The molecule has 1 aromatic carbocycles. The topological polar surface area (TPSA) is 87.2 Å². The molecule has 8 nitrogen and oxygen atoms in total. The zero-order chi connectivity index (χ0) is 25.6. The highest BCUT2D eigenvalue weighted by molar-refractivity contribution is 5.97. The number of hydrogen-bond donors (Lipinski definition) is 2. The predicted octanol–water partition coefficient (Wildman–Crippen LogP) is 2.99. The number of carbonyl (C=O) groups excluding carboxylic acids is 1. The third-order valence-electron chi connectivity index (χ3n) is 9.26. The monoisotopic (exact) mass is 506 g/mol. The number of rotatable bonds is 6. The normalized spacial score (nSPS) is 29.5. The van der Waals surface area contributed by atoms with E-state index in [9.17, 15) is 9.90 Å². The highest BCUT2D eigenvalue weighted by atomic mass is 16.5. The fraction of sp³-hybridized carbons (Fsp3) is 0.586. The van der Waals surface area contributed by atoms with Gasteiger partial charge < -0.3 is 24.8 Å². The number of ether oxygens (including phenoxy) is 2. The molecule has 4 heterocycles. The summed E-state index contributed by atoms with van der Waals surface area (Å²) in [6.07, 6.45) is 7.04. The van der Waals surface area contributed by atoms with Crippen LogP contribution in [0.25, 0.3) is 10.8 Å². The Balaban J connectivity index is 1.19. The molecule has 2 aromatic rings. The summed E-state index contributed by atoms with van der Waals surface area (Å²) in [7, 11) is 0. The number of anilines is 2. The molecule has 4 aliphatic rings. The molecule has 0 bridgehead atoms. The Morgan fingerprint density at radius 2 is 1.97 bits per heavy atom. The standard InChI is InChI=1S/C29H38N4O4/c1-3-4-20-13-22-17-30-26(31-27(35)23-16-29(23)5-11-36-12-6-29)15-21(22)14-24(20)32-7-9-33(10-8-32)28(2)19-37-18-25(28)34/h3,13-15,17,23,25,34H,1,4-12,16,18-19H2,2H3,(H,30,31,35)/t23-,25+,28-/m0/s1. The largest absolute Gasteiger partial charge is 0.389 e. The van der Waals surface area contributed by atoms with Crippen LogP contribution in [0.3, 0.4) is 0 Å². The van der Waals surface area contributed by atoms with E-state index in [1.165, 1.54) is 11.3 Å². The van der Waals surface area contributed by atoms with Gasteiger partial charge >= 0.3 is 0 Å². The third-order valence-corrected chi connectivity index (χ3v) is 9.26. The number of allylic oxidation sites excluding steroid dienone is 1. The summed E-state index contributed by atoms with van der Waals surface area (Å²) < 4.78 is 11.1. The number of nitrogens with one attached hydrogen (secondary N) is 1. The number of hydrogen-bond acceptors (Lipinski definition) is 7. The van der Waals surface area contributed by atoms with Crippen molar-refractivity contribution in [3.8, 4) is 0 Å². The highest BCUT2D eigenvalue weighted by Gasteiger charge is 2.58. The molecule has 1 spiro atoms. The van der Waals surface area contributed by atoms with E-state index in [2.05, 4.69) is 45.7 Å². The van der Waals surface area contributed by atoms with Crippen molar-refractivity contribution in [2.24, 2.45) is 11.3 Å². The lowest BCUT2D eigenvalue weighted by atomic mass is 9.93. The summed E-state index contributed by atoms with van der Waals surface area (Å²) in [5, 5.41) is 15.7. The Morgan fingerprint density at radius 1 is 1.19 bits per heavy atom. The van der Waals surface area contributed by atoms with Crippen molar-refractivity contribution in [2.45, 2.75) is 44.2 Å². The molecular formula is C29H38N4O4. The summed E-state index contributed by atoms with van der Waals surface area (Å²) in [4.78, 5) is 22.3. The fourth-order valence-electron chi connectivity index (χ4n) is 6.59. The quantitative estimate of drug-likeness (QED) is 0.583. The predicted molar refractivity (Wildman–Crippen MR) is 144 cm³/mol. The summed E-state index contributed by atoms with van der Waals surface area (Å²) in [6, 6.07) is 6.43. The number of pyridine rings is 1. The van der Waals surface area contributed by atoms with Gasteiger partial charge in [-0.15, -0.1) is 6.58 Å². The second-order valence-corrected chi connectivity index (χ2v) is 11.5. The molecule has 6 rings (SSSR count).